The highest BCUT2D eigenvalue weighted by molar-refractivity contribution is 5.97. The second-order valence-corrected chi connectivity index (χ2v) is 17.9. The van der Waals surface area contributed by atoms with E-state index in [9.17, 15) is 58.2 Å². The highest BCUT2D eigenvalue weighted by Crippen LogP contribution is 2.18. The molecule has 1 fully saturated rings. The number of nitrogens with one attached hydrogen (secondary N) is 8. The number of nitrogens with zero attached hydrogens (tertiary/aromatic N) is 1. The van der Waals surface area contributed by atoms with Crippen molar-refractivity contribution in [2.24, 2.45) is 35.3 Å². The number of hydrogen-bond acceptors (Lipinski definition) is 12. The number of hydrogen-bond donors (Lipinski definition) is 11. The highest BCUT2D eigenvalue weighted by atomic mass is 16.4. The van der Waals surface area contributed by atoms with E-state index in [1.807, 2.05) is 13.8 Å². The van der Waals surface area contributed by atoms with E-state index in [0.717, 1.165) is 0 Å². The molecule has 1 aliphatic rings. The minimum absolute atomic E-state index is 0.112. The predicted octanol–water partition coefficient (Wildman–Crippen LogP) is -2.40. The van der Waals surface area contributed by atoms with Gasteiger partial charge in [0.2, 0.25) is 53.2 Å². The molecule has 0 saturated carbocycles. The van der Waals surface area contributed by atoms with Crippen molar-refractivity contribution in [3.63, 3.8) is 0 Å². The first-order chi connectivity index (χ1) is 29.8. The number of carboxylic acids is 1. The molecule has 0 bridgehead atoms. The smallest absolute Gasteiger partial charge is 0.326 e. The summed E-state index contributed by atoms with van der Waals surface area (Å²) in [5, 5.41) is 39.2. The molecule has 1 saturated heterocycles. The van der Waals surface area contributed by atoms with Gasteiger partial charge < -0.3 is 63.4 Å². The second kappa shape index (κ2) is 27.1. The zero-order valence-electron chi connectivity index (χ0n) is 39.2. The van der Waals surface area contributed by atoms with Crippen LogP contribution < -0.4 is 48.3 Å². The van der Waals surface area contributed by atoms with Crippen molar-refractivity contribution in [2.45, 2.75) is 150 Å². The summed E-state index contributed by atoms with van der Waals surface area (Å²) in [4.78, 5) is 131. The molecular formula is C42H74N10O12. The number of aliphatic carboxylic acids is 1. The Bertz CT molecular complexity index is 1660. The molecule has 9 atom stereocenters. The Balaban J connectivity index is 2.94. The van der Waals surface area contributed by atoms with Crippen LogP contribution >= 0.6 is 0 Å². The summed E-state index contributed by atoms with van der Waals surface area (Å²) in [7, 11) is 0. The molecule has 0 radical (unpaired) electrons. The molecule has 22 nitrogen and oxygen atoms in total. The van der Waals surface area contributed by atoms with Crippen LogP contribution in [0.4, 0.5) is 0 Å². The van der Waals surface area contributed by atoms with Crippen molar-refractivity contribution in [3.8, 4) is 0 Å². The Kier molecular flexibility index (Phi) is 23.9. The Morgan fingerprint density at radius 2 is 1.11 bits per heavy atom. The number of carbonyl (C=O) groups excluding carboxylic acids is 9. The summed E-state index contributed by atoms with van der Waals surface area (Å²) in [6.45, 7) is 17.1. The summed E-state index contributed by atoms with van der Waals surface area (Å²) >= 11 is 0. The summed E-state index contributed by atoms with van der Waals surface area (Å²) in [5.74, 6) is -9.34. The molecule has 364 valence electrons. The molecule has 1 aliphatic heterocycles. The molecule has 0 aromatic rings. The van der Waals surface area contributed by atoms with Crippen LogP contribution in [0.1, 0.15) is 102 Å². The topological polar surface area (TPSA) is 337 Å². The summed E-state index contributed by atoms with van der Waals surface area (Å²) in [5.41, 5.74) is 5.63. The van der Waals surface area contributed by atoms with E-state index >= 15 is 0 Å². The van der Waals surface area contributed by atoms with Crippen LogP contribution in [0.25, 0.3) is 0 Å². The lowest BCUT2D eigenvalue weighted by Gasteiger charge is -2.29. The van der Waals surface area contributed by atoms with Crippen LogP contribution in [0.5, 0.6) is 0 Å². The first-order valence-electron chi connectivity index (χ1n) is 22.0. The number of carboxylic acid groups (broad SMARTS) is 1. The van der Waals surface area contributed by atoms with Gasteiger partial charge in [-0.25, -0.2) is 4.79 Å². The molecule has 64 heavy (non-hydrogen) atoms. The number of aliphatic hydroxyl groups is 1. The molecule has 9 amide bonds. The predicted molar refractivity (Wildman–Crippen MR) is 234 cm³/mol. The van der Waals surface area contributed by atoms with E-state index in [1.54, 1.807) is 55.4 Å². The van der Waals surface area contributed by atoms with Crippen molar-refractivity contribution in [1.82, 2.24) is 47.4 Å². The normalized spacial score (nSPS) is 17.5. The monoisotopic (exact) mass is 911 g/mol. The van der Waals surface area contributed by atoms with Crippen molar-refractivity contribution in [2.75, 3.05) is 26.2 Å². The van der Waals surface area contributed by atoms with Gasteiger partial charge in [-0.2, -0.15) is 0 Å². The zero-order valence-corrected chi connectivity index (χ0v) is 39.2. The molecule has 0 unspecified atom stereocenters. The van der Waals surface area contributed by atoms with E-state index in [2.05, 4.69) is 42.5 Å². The number of nitrogens with two attached hydrogens (primary N) is 1. The van der Waals surface area contributed by atoms with Crippen LogP contribution in [-0.2, 0) is 47.9 Å². The van der Waals surface area contributed by atoms with Crippen molar-refractivity contribution in [1.29, 1.82) is 0 Å². The third-order valence-corrected chi connectivity index (χ3v) is 10.8. The molecule has 1 rings (SSSR count). The summed E-state index contributed by atoms with van der Waals surface area (Å²) in [6, 6.07) is -8.99. The molecule has 0 aromatic heterocycles. The molecule has 0 aromatic carbocycles. The third-order valence-electron chi connectivity index (χ3n) is 10.8. The minimum atomic E-state index is -1.21. The molecule has 12 N–H and O–H groups in total. The molecule has 22 heteroatoms. The Morgan fingerprint density at radius 1 is 0.625 bits per heavy atom. The number of rotatable bonds is 26. The van der Waals surface area contributed by atoms with Gasteiger partial charge in [0.25, 0.3) is 0 Å². The fraction of sp³-hybridized carbons (Fsp3) is 0.762. The third kappa shape index (κ3) is 18.0. The number of likely N-dealkylation sites (tertiary alicyclic amines) is 1. The second-order valence-electron chi connectivity index (χ2n) is 17.9. The largest absolute Gasteiger partial charge is 0.480 e. The molecule has 0 spiro atoms. The molecule has 1 heterocycles. The van der Waals surface area contributed by atoms with E-state index in [0.29, 0.717) is 19.3 Å². The van der Waals surface area contributed by atoms with Gasteiger partial charge in [0, 0.05) is 6.54 Å². The number of aliphatic hydroxyl groups excluding tert-OH is 1. The maximum atomic E-state index is 13.7. The lowest BCUT2D eigenvalue weighted by Crippen LogP contribution is -2.60. The summed E-state index contributed by atoms with van der Waals surface area (Å²) < 4.78 is 0. The lowest BCUT2D eigenvalue weighted by molar-refractivity contribution is -0.144. The van der Waals surface area contributed by atoms with Gasteiger partial charge in [-0.05, 0) is 55.8 Å². The highest BCUT2D eigenvalue weighted by Gasteiger charge is 2.37. The quantitative estimate of drug-likeness (QED) is 0.0432. The first kappa shape index (κ1) is 56.6. The van der Waals surface area contributed by atoms with Crippen molar-refractivity contribution >= 4 is 59.1 Å². The van der Waals surface area contributed by atoms with Crippen LogP contribution in [0.3, 0.4) is 0 Å². The average Bonchev–Trinajstić information content (AvgIpc) is 3.72. The maximum absolute atomic E-state index is 13.7. The fourth-order valence-corrected chi connectivity index (χ4v) is 6.77. The Hall–Kier alpha value is -5.38. The standard InChI is InChI=1S/C42H74N10O12/c1-12-24(10)34(42(63)64)51-39(60)32(22(6)7)48-30(55)18-45-38(59)31(21(4)5)50-40(61)33(23(8)9)49-36(57)27(16-20(2)3)47-35(56)25(11)46-29(54)17-44-37(58)28-14-13-15-52(28)41(62)26(43)19-53/h20-28,31-34,53H,12-19,43H2,1-11H3,(H,44,58)(H,45,59)(H,46,54)(H,47,56)(H,48,55)(H,49,57)(H,50,61)(H,51,60)(H,63,64)/t24-,25-,26-,27-,28-,31-,32-,33-,34-/m0/s1. The average molecular weight is 911 g/mol. The summed E-state index contributed by atoms with van der Waals surface area (Å²) in [6.07, 6.45) is 1.50. The van der Waals surface area contributed by atoms with Crippen molar-refractivity contribution in [3.05, 3.63) is 0 Å². The fourth-order valence-electron chi connectivity index (χ4n) is 6.77. The van der Waals surface area contributed by atoms with Gasteiger partial charge in [-0.15, -0.1) is 0 Å². The molecule has 0 aliphatic carbocycles. The van der Waals surface area contributed by atoms with E-state index < -0.39 is 145 Å². The maximum Gasteiger partial charge on any atom is 0.326 e. The van der Waals surface area contributed by atoms with Gasteiger partial charge in [-0.3, -0.25) is 43.2 Å². The Morgan fingerprint density at radius 3 is 1.61 bits per heavy atom. The van der Waals surface area contributed by atoms with Crippen LogP contribution in [0, 0.1) is 29.6 Å². The van der Waals surface area contributed by atoms with Gasteiger partial charge >= 0.3 is 5.97 Å². The lowest BCUT2D eigenvalue weighted by atomic mass is 9.97. The zero-order chi connectivity index (χ0) is 49.2. The van der Waals surface area contributed by atoms with Gasteiger partial charge in [-0.1, -0.05) is 75.7 Å². The SMILES string of the molecule is CC[C@H](C)[C@H](NC(=O)[C@@H](NC(=O)CNC(=O)[C@@H](NC(=O)[C@@H](NC(=O)[C@H](CC(C)C)NC(=O)[C@H](C)NC(=O)CNC(=O)[C@@H]1CCCN1C(=O)[C@@H](N)CO)C(C)C)C(C)C)C(C)C)C(=O)O. The van der Waals surface area contributed by atoms with Crippen LogP contribution in [0.15, 0.2) is 0 Å². The van der Waals surface area contributed by atoms with E-state index in [-0.39, 0.29) is 24.8 Å². The number of carbonyl (C=O) groups is 10. The van der Waals surface area contributed by atoms with Gasteiger partial charge in [0.05, 0.1) is 19.7 Å². The van der Waals surface area contributed by atoms with Gasteiger partial charge in [0.15, 0.2) is 0 Å². The van der Waals surface area contributed by atoms with E-state index in [4.69, 9.17) is 5.73 Å². The van der Waals surface area contributed by atoms with E-state index in [1.165, 1.54) is 11.8 Å². The Labute approximate surface area is 375 Å². The van der Waals surface area contributed by atoms with Gasteiger partial charge in [0.1, 0.15) is 48.3 Å². The van der Waals surface area contributed by atoms with Crippen LogP contribution in [-0.4, -0.2) is 149 Å². The molecular weight excluding hydrogens is 837 g/mol. The van der Waals surface area contributed by atoms with Crippen molar-refractivity contribution < 1.29 is 58.2 Å². The first-order valence-corrected chi connectivity index (χ1v) is 22.0. The minimum Gasteiger partial charge on any atom is -0.480 e. The van der Waals surface area contributed by atoms with Crippen LogP contribution in [0.2, 0.25) is 0 Å². The number of amides is 9.